The Hall–Kier alpha value is -3.40. The number of methoxy groups -OCH3 is 1. The third-order valence-electron chi connectivity index (χ3n) is 7.60. The number of nitrogens with two attached hydrogens (primary N) is 1. The summed E-state index contributed by atoms with van der Waals surface area (Å²) in [7, 11) is 1.56. The van der Waals surface area contributed by atoms with E-state index in [0.29, 0.717) is 34.0 Å². The highest BCUT2D eigenvalue weighted by molar-refractivity contribution is 7.16. The third-order valence-corrected chi connectivity index (χ3v) is 8.37. The maximum Gasteiger partial charge on any atom is 0.163 e. The van der Waals surface area contributed by atoms with Crippen molar-refractivity contribution in [1.29, 1.82) is 0 Å². The van der Waals surface area contributed by atoms with Gasteiger partial charge in [0, 0.05) is 23.1 Å². The number of fused-ring (bicyclic) bond motifs is 2. The monoisotopic (exact) mass is 533 g/mol. The first-order chi connectivity index (χ1) is 18.2. The van der Waals surface area contributed by atoms with Crippen molar-refractivity contribution in [3.63, 3.8) is 0 Å². The van der Waals surface area contributed by atoms with Crippen molar-refractivity contribution in [2.24, 2.45) is 11.7 Å². The average Bonchev–Trinajstić information content (AvgIpc) is 3.59. The van der Waals surface area contributed by atoms with Gasteiger partial charge in [-0.25, -0.2) is 14.4 Å². The summed E-state index contributed by atoms with van der Waals surface area (Å²) < 4.78 is 25.9. The summed E-state index contributed by atoms with van der Waals surface area (Å²) in [4.78, 5) is 22.5. The predicted octanol–water partition coefficient (Wildman–Crippen LogP) is 5.33. The topological polar surface area (TPSA) is 108 Å². The minimum Gasteiger partial charge on any atom is -0.494 e. The lowest BCUT2D eigenvalue weighted by atomic mass is 9.83. The molecule has 38 heavy (non-hydrogen) atoms. The van der Waals surface area contributed by atoms with Crippen LogP contribution in [0.25, 0.3) is 21.5 Å². The summed E-state index contributed by atoms with van der Waals surface area (Å²) in [5.41, 5.74) is 9.82. The van der Waals surface area contributed by atoms with Gasteiger partial charge < -0.3 is 20.3 Å². The van der Waals surface area contributed by atoms with Crippen LogP contribution in [0.4, 0.5) is 4.39 Å². The molecule has 1 fully saturated rings. The normalized spacial score (nSPS) is 20.1. The fourth-order valence-corrected chi connectivity index (χ4v) is 5.96. The van der Waals surface area contributed by atoms with Gasteiger partial charge >= 0.3 is 0 Å². The Bertz CT molecular complexity index is 1550. The first-order valence-electron chi connectivity index (χ1n) is 12.6. The van der Waals surface area contributed by atoms with Gasteiger partial charge in [0.2, 0.25) is 0 Å². The van der Waals surface area contributed by atoms with Crippen LogP contribution in [0, 0.1) is 11.7 Å². The molecule has 2 aromatic heterocycles. The molecule has 0 radical (unpaired) electrons. The molecule has 196 valence electrons. The van der Waals surface area contributed by atoms with E-state index in [-0.39, 0.29) is 37.0 Å². The van der Waals surface area contributed by atoms with Crippen LogP contribution in [0.15, 0.2) is 48.0 Å². The number of pyridine rings is 1. The maximum absolute atomic E-state index is 13.7. The molecule has 0 unspecified atom stereocenters. The lowest BCUT2D eigenvalue weighted by Crippen LogP contribution is -2.35. The first-order valence-corrected chi connectivity index (χ1v) is 13.5. The number of aliphatic hydroxyl groups is 1. The Morgan fingerprint density at radius 1 is 1.29 bits per heavy atom. The molecule has 0 amide bonds. The molecular formula is C29H28FN3O4S. The average molecular weight is 534 g/mol. The Morgan fingerprint density at radius 2 is 2.05 bits per heavy atom. The van der Waals surface area contributed by atoms with Crippen molar-refractivity contribution in [3.8, 4) is 22.8 Å². The Balaban J connectivity index is 1.37. The molecule has 6 rings (SSSR count). The van der Waals surface area contributed by atoms with Gasteiger partial charge in [0.25, 0.3) is 0 Å². The van der Waals surface area contributed by atoms with Crippen molar-refractivity contribution in [2.75, 3.05) is 13.7 Å². The lowest BCUT2D eigenvalue weighted by Gasteiger charge is -2.29. The number of hydrogen-bond donors (Lipinski definition) is 2. The summed E-state index contributed by atoms with van der Waals surface area (Å²) in [6.07, 6.45) is 2.01. The molecule has 0 saturated heterocycles. The number of rotatable bonds is 8. The van der Waals surface area contributed by atoms with Gasteiger partial charge in [0.1, 0.15) is 35.0 Å². The molecule has 1 aliphatic heterocycles. The van der Waals surface area contributed by atoms with E-state index in [9.17, 15) is 14.3 Å². The molecule has 7 nitrogen and oxygen atoms in total. The number of carbonyl (C=O) groups excluding carboxylic acids is 1. The second-order valence-electron chi connectivity index (χ2n) is 10.4. The number of nitrogens with zero attached hydrogens (tertiary/aromatic N) is 2. The zero-order valence-corrected chi connectivity index (χ0v) is 22.0. The summed E-state index contributed by atoms with van der Waals surface area (Å²) in [5.74, 6) is 0.629. The maximum atomic E-state index is 13.7. The van der Waals surface area contributed by atoms with Gasteiger partial charge in [-0.3, -0.25) is 4.79 Å². The van der Waals surface area contributed by atoms with Crippen molar-refractivity contribution < 1.29 is 23.8 Å². The number of Topliss-reactive ketones (excluding diaryl/α,β-unsaturated/α-hetero) is 1. The van der Waals surface area contributed by atoms with E-state index < -0.39 is 11.1 Å². The fourth-order valence-electron chi connectivity index (χ4n) is 5.23. The molecule has 3 heterocycles. The van der Waals surface area contributed by atoms with Crippen LogP contribution in [0.3, 0.4) is 0 Å². The number of benzene rings is 2. The van der Waals surface area contributed by atoms with E-state index in [1.807, 2.05) is 19.1 Å². The van der Waals surface area contributed by atoms with Crippen molar-refractivity contribution in [1.82, 2.24) is 9.97 Å². The van der Waals surface area contributed by atoms with Gasteiger partial charge in [0.15, 0.2) is 11.5 Å². The fraction of sp³-hybridized carbons (Fsp3) is 0.345. The van der Waals surface area contributed by atoms with Gasteiger partial charge in [0.05, 0.1) is 28.6 Å². The predicted molar refractivity (Wildman–Crippen MR) is 143 cm³/mol. The Kier molecular flexibility index (Phi) is 5.97. The molecule has 2 atom stereocenters. The second-order valence-corrected chi connectivity index (χ2v) is 11.3. The zero-order valence-electron chi connectivity index (χ0n) is 21.2. The number of carbonyl (C=O) groups is 1. The number of hydrogen-bond acceptors (Lipinski definition) is 8. The highest BCUT2D eigenvalue weighted by Crippen LogP contribution is 2.51. The smallest absolute Gasteiger partial charge is 0.163 e. The SMILES string of the molecule is COc1cc(C(=O)CC[C@](O)(c2cc3c(c(-c4ccc(F)cc4)n2)OC[C@]3(C)N)C2CC2)cc2scnc12. The number of ketones is 1. The van der Waals surface area contributed by atoms with Crippen LogP contribution in [-0.4, -0.2) is 34.6 Å². The van der Waals surface area contributed by atoms with E-state index in [4.69, 9.17) is 20.2 Å². The Labute approximate surface area is 223 Å². The minimum atomic E-state index is -1.32. The largest absolute Gasteiger partial charge is 0.494 e. The molecule has 2 aliphatic rings. The van der Waals surface area contributed by atoms with Gasteiger partial charge in [-0.15, -0.1) is 11.3 Å². The summed E-state index contributed by atoms with van der Waals surface area (Å²) >= 11 is 1.45. The van der Waals surface area contributed by atoms with Crippen LogP contribution < -0.4 is 15.2 Å². The van der Waals surface area contributed by atoms with Crippen LogP contribution in [0.5, 0.6) is 11.5 Å². The van der Waals surface area contributed by atoms with Crippen LogP contribution >= 0.6 is 11.3 Å². The molecule has 1 aliphatic carbocycles. The summed E-state index contributed by atoms with van der Waals surface area (Å²) in [6.45, 7) is 2.14. The number of thiazole rings is 1. The Morgan fingerprint density at radius 3 is 2.76 bits per heavy atom. The van der Waals surface area contributed by atoms with E-state index in [1.165, 1.54) is 23.5 Å². The van der Waals surface area contributed by atoms with Crippen molar-refractivity contribution >= 4 is 27.3 Å². The van der Waals surface area contributed by atoms with Gasteiger partial charge in [-0.05, 0) is 74.6 Å². The number of aromatic nitrogens is 2. The molecule has 0 bridgehead atoms. The standard InChI is InChI=1S/C29H28FN3O4S/c1-28(31)14-37-27-20(28)13-24(33-25(27)16-3-7-19(30)8-4-16)29(35,18-5-6-18)10-9-21(34)17-11-22(36-2)26-23(12-17)38-15-32-26/h3-4,7-8,11-13,15,18,35H,5-6,9-10,14,31H2,1-2H3/t28-,29+/m0/s1. The molecule has 3 N–H and O–H groups in total. The summed E-state index contributed by atoms with van der Waals surface area (Å²) in [6, 6.07) is 11.4. The minimum absolute atomic E-state index is 0.0215. The molecule has 2 aromatic carbocycles. The van der Waals surface area contributed by atoms with Crippen LogP contribution in [0.1, 0.15) is 54.2 Å². The number of ether oxygens (including phenoxy) is 2. The molecule has 0 spiro atoms. The summed E-state index contributed by atoms with van der Waals surface area (Å²) in [5, 5.41) is 12.1. The highest BCUT2D eigenvalue weighted by Gasteiger charge is 2.48. The molecular weight excluding hydrogens is 505 g/mol. The molecule has 9 heteroatoms. The van der Waals surface area contributed by atoms with Crippen LogP contribution in [0.2, 0.25) is 0 Å². The van der Waals surface area contributed by atoms with E-state index in [2.05, 4.69) is 4.98 Å². The van der Waals surface area contributed by atoms with Crippen molar-refractivity contribution in [3.05, 3.63) is 70.6 Å². The third kappa shape index (κ3) is 4.24. The van der Waals surface area contributed by atoms with E-state index in [0.717, 1.165) is 28.6 Å². The van der Waals surface area contributed by atoms with Crippen molar-refractivity contribution in [2.45, 2.75) is 43.7 Å². The molecule has 4 aromatic rings. The number of halogens is 1. The highest BCUT2D eigenvalue weighted by atomic mass is 32.1. The van der Waals surface area contributed by atoms with E-state index in [1.54, 1.807) is 30.8 Å². The van der Waals surface area contributed by atoms with Gasteiger partial charge in [-0.1, -0.05) is 0 Å². The first kappa shape index (κ1) is 24.9. The van der Waals surface area contributed by atoms with Gasteiger partial charge in [-0.2, -0.15) is 0 Å². The second kappa shape index (κ2) is 9.11. The van der Waals surface area contributed by atoms with E-state index >= 15 is 0 Å². The zero-order chi connectivity index (χ0) is 26.7. The molecule has 1 saturated carbocycles. The lowest BCUT2D eigenvalue weighted by molar-refractivity contribution is -0.00116. The quantitative estimate of drug-likeness (QED) is 0.295. The van der Waals surface area contributed by atoms with Crippen LogP contribution in [-0.2, 0) is 11.1 Å².